The van der Waals surface area contributed by atoms with Crippen molar-refractivity contribution in [3.8, 4) is 0 Å². The lowest BCUT2D eigenvalue weighted by Gasteiger charge is -2.34. The molecule has 1 atom stereocenters. The van der Waals surface area contributed by atoms with Crippen molar-refractivity contribution in [3.05, 3.63) is 34.5 Å². The number of piperazine rings is 1. The Hall–Kier alpha value is -1.77. The van der Waals surface area contributed by atoms with Crippen molar-refractivity contribution >= 4 is 17.2 Å². The third kappa shape index (κ3) is 3.91. The predicted molar refractivity (Wildman–Crippen MR) is 94.6 cm³/mol. The molecule has 4 heterocycles. The van der Waals surface area contributed by atoms with Gasteiger partial charge >= 0.3 is 0 Å². The average Bonchev–Trinajstić information content (AvgIpc) is 3.42. The maximum Gasteiger partial charge on any atom is 0.264 e. The Morgan fingerprint density at radius 1 is 1.24 bits per heavy atom. The van der Waals surface area contributed by atoms with Gasteiger partial charge in [-0.1, -0.05) is 0 Å². The molecule has 2 aliphatic heterocycles. The average molecular weight is 361 g/mol. The zero-order valence-corrected chi connectivity index (χ0v) is 15.0. The normalized spacial score (nSPS) is 21.8. The minimum Gasteiger partial charge on any atom is -0.373 e. The minimum atomic E-state index is 0.158. The van der Waals surface area contributed by atoms with Crippen LogP contribution in [-0.2, 0) is 11.3 Å². The Morgan fingerprint density at radius 3 is 2.84 bits per heavy atom. The lowest BCUT2D eigenvalue weighted by atomic mass is 10.2. The summed E-state index contributed by atoms with van der Waals surface area (Å²) in [6, 6.07) is 4.02. The lowest BCUT2D eigenvalue weighted by molar-refractivity contribution is 0.0636. The summed E-state index contributed by atoms with van der Waals surface area (Å²) in [4.78, 5) is 23.1. The number of rotatable bonds is 5. The van der Waals surface area contributed by atoms with Crippen LogP contribution in [0.2, 0.25) is 0 Å². The Balaban J connectivity index is 1.27. The van der Waals surface area contributed by atoms with Crippen LogP contribution in [-0.4, -0.2) is 69.8 Å². The maximum atomic E-state index is 12.7. The van der Waals surface area contributed by atoms with Crippen LogP contribution in [0.4, 0.5) is 0 Å². The van der Waals surface area contributed by atoms with Gasteiger partial charge in [0, 0.05) is 44.2 Å². The van der Waals surface area contributed by atoms with Crippen molar-refractivity contribution in [2.75, 3.05) is 39.3 Å². The molecule has 2 aromatic heterocycles. The van der Waals surface area contributed by atoms with E-state index in [0.29, 0.717) is 0 Å². The summed E-state index contributed by atoms with van der Waals surface area (Å²) in [5.41, 5.74) is 0. The van der Waals surface area contributed by atoms with Gasteiger partial charge in [0.1, 0.15) is 12.7 Å². The van der Waals surface area contributed by atoms with Gasteiger partial charge in [-0.2, -0.15) is 5.10 Å². The number of thiophene rings is 1. The van der Waals surface area contributed by atoms with Crippen LogP contribution in [0.5, 0.6) is 0 Å². The molecule has 2 fully saturated rings. The first-order chi connectivity index (χ1) is 12.3. The van der Waals surface area contributed by atoms with E-state index < -0.39 is 0 Å². The summed E-state index contributed by atoms with van der Waals surface area (Å²) in [6.07, 6.45) is 5.67. The van der Waals surface area contributed by atoms with Crippen molar-refractivity contribution in [2.45, 2.75) is 25.5 Å². The molecule has 0 saturated carbocycles. The monoisotopic (exact) mass is 361 g/mol. The van der Waals surface area contributed by atoms with Gasteiger partial charge in [0.25, 0.3) is 5.91 Å². The van der Waals surface area contributed by atoms with Crippen LogP contribution >= 0.6 is 11.3 Å². The van der Waals surface area contributed by atoms with E-state index in [9.17, 15) is 4.79 Å². The number of ether oxygens (including phenoxy) is 1. The van der Waals surface area contributed by atoms with Gasteiger partial charge in [-0.05, 0) is 25.0 Å². The lowest BCUT2D eigenvalue weighted by Crippen LogP contribution is -2.49. The van der Waals surface area contributed by atoms with Crippen LogP contribution in [0.3, 0.4) is 0 Å². The van der Waals surface area contributed by atoms with Crippen LogP contribution < -0.4 is 0 Å². The van der Waals surface area contributed by atoms with Crippen molar-refractivity contribution in [1.82, 2.24) is 24.6 Å². The second kappa shape index (κ2) is 7.63. The molecule has 0 aromatic carbocycles. The van der Waals surface area contributed by atoms with E-state index in [1.165, 1.54) is 4.88 Å². The molecule has 0 N–H and O–H groups in total. The van der Waals surface area contributed by atoms with E-state index in [2.05, 4.69) is 21.0 Å². The number of carbonyl (C=O) groups is 1. The molecule has 1 amide bonds. The molecule has 2 aromatic rings. The fourth-order valence-corrected chi connectivity index (χ4v) is 4.43. The summed E-state index contributed by atoms with van der Waals surface area (Å²) in [6.45, 7) is 5.99. The molecule has 0 unspecified atom stereocenters. The molecule has 134 valence electrons. The largest absolute Gasteiger partial charge is 0.373 e. The molecule has 0 aliphatic carbocycles. The Labute approximate surface area is 151 Å². The van der Waals surface area contributed by atoms with E-state index in [1.54, 1.807) is 24.0 Å². The molecule has 4 rings (SSSR count). The number of hydrogen-bond donors (Lipinski definition) is 0. The van der Waals surface area contributed by atoms with E-state index in [-0.39, 0.29) is 12.0 Å². The van der Waals surface area contributed by atoms with Gasteiger partial charge < -0.3 is 9.64 Å². The molecule has 7 nitrogen and oxygen atoms in total. The quantitative estimate of drug-likeness (QED) is 0.810. The smallest absolute Gasteiger partial charge is 0.264 e. The number of aromatic nitrogens is 3. The van der Waals surface area contributed by atoms with Gasteiger partial charge in [0.15, 0.2) is 0 Å². The second-order valence-corrected chi connectivity index (χ2v) is 7.61. The van der Waals surface area contributed by atoms with Gasteiger partial charge in [0.05, 0.1) is 17.5 Å². The summed E-state index contributed by atoms with van der Waals surface area (Å²) in [5, 5.41) is 4.12. The minimum absolute atomic E-state index is 0.158. The second-order valence-electron chi connectivity index (χ2n) is 6.50. The van der Waals surface area contributed by atoms with Crippen LogP contribution in [0.1, 0.15) is 33.5 Å². The first-order valence-electron chi connectivity index (χ1n) is 8.85. The zero-order valence-electron chi connectivity index (χ0n) is 14.2. The summed E-state index contributed by atoms with van der Waals surface area (Å²) >= 11 is 1.59. The van der Waals surface area contributed by atoms with Gasteiger partial charge in [0.2, 0.25) is 0 Å². The Morgan fingerprint density at radius 2 is 2.12 bits per heavy atom. The third-order valence-corrected chi connectivity index (χ3v) is 6.02. The number of amides is 1. The number of carbonyl (C=O) groups excluding carboxylic acids is 1. The molecule has 8 heteroatoms. The number of nitrogens with zero attached hydrogens (tertiary/aromatic N) is 5. The molecule has 0 bridgehead atoms. The number of hydrogen-bond acceptors (Lipinski definition) is 6. The van der Waals surface area contributed by atoms with E-state index in [0.717, 1.165) is 63.6 Å². The standard InChI is InChI=1S/C17H23N5O2S/c23-17(16-4-3-15(25-16)14-2-1-11-24-14)21-8-5-20(6-9-21)7-10-22-13-18-12-19-22/h3-4,12-14H,1-2,5-11H2/t14-/m1/s1. The summed E-state index contributed by atoms with van der Waals surface area (Å²) < 4.78 is 7.56. The molecule has 0 radical (unpaired) electrons. The molecule has 2 saturated heterocycles. The molecular formula is C17H23N5O2S. The third-order valence-electron chi connectivity index (χ3n) is 4.86. The molecule has 0 spiro atoms. The van der Waals surface area contributed by atoms with Crippen molar-refractivity contribution < 1.29 is 9.53 Å². The van der Waals surface area contributed by atoms with E-state index in [4.69, 9.17) is 4.74 Å². The first kappa shape index (κ1) is 16.7. The fourth-order valence-electron chi connectivity index (χ4n) is 3.37. The molecule has 25 heavy (non-hydrogen) atoms. The summed E-state index contributed by atoms with van der Waals surface area (Å²) in [5.74, 6) is 0.158. The highest BCUT2D eigenvalue weighted by molar-refractivity contribution is 7.14. The highest BCUT2D eigenvalue weighted by atomic mass is 32.1. The highest BCUT2D eigenvalue weighted by Gasteiger charge is 2.25. The predicted octanol–water partition coefficient (Wildman–Crippen LogP) is 1.65. The van der Waals surface area contributed by atoms with Crippen molar-refractivity contribution in [2.24, 2.45) is 0 Å². The van der Waals surface area contributed by atoms with Crippen molar-refractivity contribution in [1.29, 1.82) is 0 Å². The maximum absolute atomic E-state index is 12.7. The van der Waals surface area contributed by atoms with Crippen LogP contribution in [0.15, 0.2) is 24.8 Å². The van der Waals surface area contributed by atoms with Crippen LogP contribution in [0.25, 0.3) is 0 Å². The van der Waals surface area contributed by atoms with Crippen molar-refractivity contribution in [3.63, 3.8) is 0 Å². The van der Waals surface area contributed by atoms with Gasteiger partial charge in [-0.3, -0.25) is 14.4 Å². The SMILES string of the molecule is O=C(c1ccc([C@H]2CCCO2)s1)N1CCN(CCn2cncn2)CC1. The van der Waals surface area contributed by atoms with E-state index in [1.807, 2.05) is 15.6 Å². The van der Waals surface area contributed by atoms with Crippen LogP contribution in [0, 0.1) is 0 Å². The molecule has 2 aliphatic rings. The van der Waals surface area contributed by atoms with Gasteiger partial charge in [-0.25, -0.2) is 4.98 Å². The highest BCUT2D eigenvalue weighted by Crippen LogP contribution is 2.33. The van der Waals surface area contributed by atoms with E-state index >= 15 is 0 Å². The molecular weight excluding hydrogens is 338 g/mol. The zero-order chi connectivity index (χ0) is 17.1. The Kier molecular flexibility index (Phi) is 5.09. The fraction of sp³-hybridized carbons (Fsp3) is 0.588. The summed E-state index contributed by atoms with van der Waals surface area (Å²) in [7, 11) is 0. The van der Waals surface area contributed by atoms with Gasteiger partial charge in [-0.15, -0.1) is 11.3 Å². The first-order valence-corrected chi connectivity index (χ1v) is 9.66. The Bertz CT molecular complexity index is 688. The topological polar surface area (TPSA) is 63.5 Å².